The number of esters is 4. The fourth-order valence-electron chi connectivity index (χ4n) is 3.79. The molecule has 1 aliphatic heterocycles. The topological polar surface area (TPSA) is 181 Å². The Bertz CT molecular complexity index is 1160. The predicted octanol–water partition coefficient (Wildman–Crippen LogP) is -0.352. The van der Waals surface area contributed by atoms with Crippen LogP contribution in [0.5, 0.6) is 0 Å². The van der Waals surface area contributed by atoms with E-state index >= 15 is 0 Å². The smallest absolute Gasteiger partial charge is 0.305 e. The highest BCUT2D eigenvalue weighted by atomic mass is 32.2. The SMILES string of the molecule is CC(=O)OC[C@@H]1O[C@@H](OC(C)=O)[C@@H](NC(=O)CN(Cc2ccccc2)S(C)(=O)=O)[C@@H](OC(C)=O)[C@H]1OC(C)=O. The maximum atomic E-state index is 13.1. The minimum Gasteiger partial charge on any atom is -0.463 e. The molecule has 0 aromatic heterocycles. The van der Waals surface area contributed by atoms with Gasteiger partial charge >= 0.3 is 23.9 Å². The molecule has 1 heterocycles. The summed E-state index contributed by atoms with van der Waals surface area (Å²) in [5, 5.41) is 2.48. The number of sulfonamides is 1. The lowest BCUT2D eigenvalue weighted by molar-refractivity contribution is -0.271. The first-order valence-corrected chi connectivity index (χ1v) is 13.6. The van der Waals surface area contributed by atoms with Crippen molar-refractivity contribution in [3.05, 3.63) is 35.9 Å². The van der Waals surface area contributed by atoms with Crippen molar-refractivity contribution in [1.82, 2.24) is 9.62 Å². The molecule has 0 saturated carbocycles. The highest BCUT2D eigenvalue weighted by Gasteiger charge is 2.52. The summed E-state index contributed by atoms with van der Waals surface area (Å²) in [5.74, 6) is -4.04. The van der Waals surface area contributed by atoms with E-state index in [4.69, 9.17) is 23.7 Å². The Morgan fingerprint density at radius 1 is 0.872 bits per heavy atom. The molecule has 1 N–H and O–H groups in total. The van der Waals surface area contributed by atoms with Crippen LogP contribution in [0.3, 0.4) is 0 Å². The number of rotatable bonds is 11. The number of carbonyl (C=O) groups excluding carboxylic acids is 5. The van der Waals surface area contributed by atoms with E-state index < -0.39 is 83.6 Å². The zero-order valence-corrected chi connectivity index (χ0v) is 23.0. The Hall–Kier alpha value is -3.56. The lowest BCUT2D eigenvalue weighted by Crippen LogP contribution is -2.67. The molecule has 5 atom stereocenters. The number of nitrogens with zero attached hydrogens (tertiary/aromatic N) is 1. The van der Waals surface area contributed by atoms with Gasteiger partial charge in [-0.1, -0.05) is 30.3 Å². The first-order chi connectivity index (χ1) is 18.2. The average Bonchev–Trinajstić information content (AvgIpc) is 2.80. The summed E-state index contributed by atoms with van der Waals surface area (Å²) < 4.78 is 52.3. The molecule has 1 aromatic carbocycles. The van der Waals surface area contributed by atoms with Crippen LogP contribution >= 0.6 is 0 Å². The molecule has 1 aromatic rings. The molecule has 216 valence electrons. The van der Waals surface area contributed by atoms with Gasteiger partial charge in [-0.05, 0) is 5.56 Å². The predicted molar refractivity (Wildman–Crippen MR) is 132 cm³/mol. The van der Waals surface area contributed by atoms with Crippen molar-refractivity contribution >= 4 is 39.8 Å². The lowest BCUT2D eigenvalue weighted by atomic mass is 9.96. The van der Waals surface area contributed by atoms with Gasteiger partial charge in [-0.25, -0.2) is 8.42 Å². The quantitative estimate of drug-likeness (QED) is 0.269. The highest BCUT2D eigenvalue weighted by molar-refractivity contribution is 7.88. The molecule has 2 rings (SSSR count). The fraction of sp³-hybridized carbons (Fsp3) is 0.542. The Labute approximate surface area is 225 Å². The zero-order chi connectivity index (χ0) is 29.3. The largest absolute Gasteiger partial charge is 0.463 e. The van der Waals surface area contributed by atoms with Gasteiger partial charge in [0.1, 0.15) is 18.8 Å². The molecule has 1 saturated heterocycles. The second kappa shape index (κ2) is 14.0. The molecule has 0 aliphatic carbocycles. The Balaban J connectivity index is 2.40. The minimum absolute atomic E-state index is 0.116. The van der Waals surface area contributed by atoms with E-state index in [9.17, 15) is 32.4 Å². The third-order valence-electron chi connectivity index (χ3n) is 5.30. The molecule has 1 amide bonds. The normalized spacial score (nSPS) is 22.9. The number of hydrogen-bond acceptors (Lipinski definition) is 12. The number of amides is 1. The Morgan fingerprint density at radius 2 is 1.44 bits per heavy atom. The monoisotopic (exact) mass is 572 g/mol. The van der Waals surface area contributed by atoms with Crippen molar-refractivity contribution in [3.8, 4) is 0 Å². The van der Waals surface area contributed by atoms with Gasteiger partial charge in [-0.15, -0.1) is 0 Å². The van der Waals surface area contributed by atoms with Crippen LogP contribution in [0, 0.1) is 0 Å². The standard InChI is InChI=1S/C24H32N2O12S/c1-14(27)34-13-19-22(35-15(2)28)23(36-16(3)29)21(24(38-19)37-17(4)30)25-20(31)12-26(39(5,32)33)11-18-9-7-6-8-10-18/h6-10,19,21-24H,11-13H2,1-5H3,(H,25,31)/t19-,21-,22-,23+,24+/m0/s1. The van der Waals surface area contributed by atoms with Crippen LogP contribution in [-0.2, 0) is 64.2 Å². The van der Waals surface area contributed by atoms with E-state index in [1.807, 2.05) is 0 Å². The molecule has 1 aliphatic rings. The summed E-state index contributed by atoms with van der Waals surface area (Å²) in [6, 6.07) is 7.11. The summed E-state index contributed by atoms with van der Waals surface area (Å²) in [4.78, 5) is 60.2. The number of hydrogen-bond donors (Lipinski definition) is 1. The average molecular weight is 573 g/mol. The van der Waals surface area contributed by atoms with Crippen molar-refractivity contribution in [2.45, 2.75) is 64.9 Å². The van der Waals surface area contributed by atoms with E-state index in [0.29, 0.717) is 5.56 Å². The van der Waals surface area contributed by atoms with E-state index in [1.54, 1.807) is 30.3 Å². The second-order valence-electron chi connectivity index (χ2n) is 8.71. The van der Waals surface area contributed by atoms with Crippen LogP contribution in [0.25, 0.3) is 0 Å². The van der Waals surface area contributed by atoms with Crippen molar-refractivity contribution in [1.29, 1.82) is 0 Å². The molecule has 1 fully saturated rings. The van der Waals surface area contributed by atoms with Gasteiger partial charge in [0.05, 0.1) is 12.8 Å². The van der Waals surface area contributed by atoms with Gasteiger partial charge in [-0.2, -0.15) is 4.31 Å². The lowest BCUT2D eigenvalue weighted by Gasteiger charge is -2.44. The van der Waals surface area contributed by atoms with E-state index in [-0.39, 0.29) is 6.54 Å². The van der Waals surface area contributed by atoms with Crippen molar-refractivity contribution in [3.63, 3.8) is 0 Å². The van der Waals surface area contributed by atoms with Crippen LogP contribution in [0.1, 0.15) is 33.3 Å². The second-order valence-corrected chi connectivity index (χ2v) is 10.7. The Kier molecular flexibility index (Phi) is 11.4. The maximum Gasteiger partial charge on any atom is 0.305 e. The Morgan fingerprint density at radius 3 is 1.95 bits per heavy atom. The van der Waals surface area contributed by atoms with E-state index in [2.05, 4.69) is 5.32 Å². The van der Waals surface area contributed by atoms with Gasteiger partial charge in [-0.3, -0.25) is 24.0 Å². The molecule has 39 heavy (non-hydrogen) atoms. The number of nitrogens with one attached hydrogen (secondary N) is 1. The molecule has 0 bridgehead atoms. The molecular weight excluding hydrogens is 540 g/mol. The molecule has 0 spiro atoms. The molecule has 14 nitrogen and oxygen atoms in total. The van der Waals surface area contributed by atoms with E-state index in [1.165, 1.54) is 0 Å². The molecule has 0 unspecified atom stereocenters. The molecular formula is C24H32N2O12S. The third kappa shape index (κ3) is 10.3. The first kappa shape index (κ1) is 31.7. The number of benzene rings is 1. The summed E-state index contributed by atoms with van der Waals surface area (Å²) in [7, 11) is -3.86. The van der Waals surface area contributed by atoms with Gasteiger partial charge in [0, 0.05) is 34.2 Å². The summed E-state index contributed by atoms with van der Waals surface area (Å²) in [6.45, 7) is 3.09. The highest BCUT2D eigenvalue weighted by Crippen LogP contribution is 2.28. The number of carbonyl (C=O) groups is 5. The van der Waals surface area contributed by atoms with Crippen LogP contribution in [0.15, 0.2) is 30.3 Å². The molecule has 15 heteroatoms. The van der Waals surface area contributed by atoms with Crippen LogP contribution in [-0.4, -0.2) is 92.6 Å². The van der Waals surface area contributed by atoms with Gasteiger partial charge in [0.15, 0.2) is 12.2 Å². The van der Waals surface area contributed by atoms with Crippen LogP contribution in [0.4, 0.5) is 0 Å². The summed E-state index contributed by atoms with van der Waals surface area (Å²) in [6.07, 6.45) is -4.80. The minimum atomic E-state index is -3.86. The third-order valence-corrected chi connectivity index (χ3v) is 6.50. The summed E-state index contributed by atoms with van der Waals surface area (Å²) in [5.41, 5.74) is 0.621. The zero-order valence-electron chi connectivity index (χ0n) is 22.1. The van der Waals surface area contributed by atoms with Crippen molar-refractivity contribution in [2.24, 2.45) is 0 Å². The van der Waals surface area contributed by atoms with Crippen molar-refractivity contribution < 1.29 is 56.1 Å². The van der Waals surface area contributed by atoms with Gasteiger partial charge < -0.3 is 29.0 Å². The number of ether oxygens (including phenoxy) is 5. The maximum absolute atomic E-state index is 13.1. The fourth-order valence-corrected chi connectivity index (χ4v) is 4.52. The van der Waals surface area contributed by atoms with Gasteiger partial charge in [0.2, 0.25) is 22.2 Å². The molecule has 0 radical (unpaired) electrons. The van der Waals surface area contributed by atoms with Crippen LogP contribution in [0.2, 0.25) is 0 Å². The van der Waals surface area contributed by atoms with E-state index in [0.717, 1.165) is 38.3 Å². The van der Waals surface area contributed by atoms with Crippen LogP contribution < -0.4 is 5.32 Å². The van der Waals surface area contributed by atoms with Crippen molar-refractivity contribution in [2.75, 3.05) is 19.4 Å². The summed E-state index contributed by atoms with van der Waals surface area (Å²) >= 11 is 0. The first-order valence-electron chi connectivity index (χ1n) is 11.8. The van der Waals surface area contributed by atoms with Gasteiger partial charge in [0.25, 0.3) is 0 Å².